The van der Waals surface area contributed by atoms with Gasteiger partial charge in [0.1, 0.15) is 0 Å². The number of carbonyl (C=O) groups is 1. The van der Waals surface area contributed by atoms with Crippen LogP contribution in [-0.2, 0) is 0 Å². The molecule has 0 aliphatic heterocycles. The van der Waals surface area contributed by atoms with E-state index in [4.69, 9.17) is 5.73 Å². The Hall–Kier alpha value is -2.61. The molecule has 3 aromatic carbocycles. The molecule has 0 aliphatic carbocycles. The molecule has 0 fully saturated rings. The van der Waals surface area contributed by atoms with E-state index in [1.54, 1.807) is 6.07 Å². The molecule has 0 radical (unpaired) electrons. The van der Waals surface area contributed by atoms with Crippen LogP contribution < -0.4 is 5.73 Å². The van der Waals surface area contributed by atoms with Gasteiger partial charge in [-0.15, -0.1) is 0 Å². The van der Waals surface area contributed by atoms with Gasteiger partial charge in [-0.05, 0) is 42.3 Å². The third-order valence-corrected chi connectivity index (χ3v) is 3.82. The molecule has 21 heavy (non-hydrogen) atoms. The molecular formula is C19H17NO. The van der Waals surface area contributed by atoms with Crippen LogP contribution in [0.4, 0.5) is 5.69 Å². The first-order valence-corrected chi connectivity index (χ1v) is 6.97. The highest BCUT2D eigenvalue weighted by Crippen LogP contribution is 2.27. The summed E-state index contributed by atoms with van der Waals surface area (Å²) in [6, 6.07) is 17.5. The molecule has 2 nitrogen and oxygen atoms in total. The summed E-state index contributed by atoms with van der Waals surface area (Å²) < 4.78 is 0. The minimum atomic E-state index is -0.00880. The fraction of sp³-hybridized carbons (Fsp3) is 0.105. The van der Waals surface area contributed by atoms with Gasteiger partial charge in [0.2, 0.25) is 0 Å². The summed E-state index contributed by atoms with van der Waals surface area (Å²) in [5.41, 5.74) is 9.85. The Morgan fingerprint density at radius 3 is 2.52 bits per heavy atom. The van der Waals surface area contributed by atoms with Gasteiger partial charge >= 0.3 is 0 Å². The van der Waals surface area contributed by atoms with Gasteiger partial charge < -0.3 is 5.73 Å². The van der Waals surface area contributed by atoms with Crippen LogP contribution in [-0.4, -0.2) is 5.78 Å². The van der Waals surface area contributed by atoms with Gasteiger partial charge in [0, 0.05) is 16.8 Å². The third kappa shape index (κ3) is 2.29. The number of ketones is 1. The van der Waals surface area contributed by atoms with Crippen LogP contribution in [0.3, 0.4) is 0 Å². The fourth-order valence-corrected chi connectivity index (χ4v) is 2.68. The minimum Gasteiger partial charge on any atom is -0.398 e. The lowest BCUT2D eigenvalue weighted by molar-refractivity contribution is 0.104. The molecule has 0 aliphatic rings. The summed E-state index contributed by atoms with van der Waals surface area (Å²) in [6.45, 7) is 3.93. The molecule has 0 bridgehead atoms. The SMILES string of the molecule is Cc1ccc(N)c(C(=O)c2c(C)ccc3ccccc23)c1. The number of fused-ring (bicyclic) bond motifs is 1. The average Bonchev–Trinajstić information content (AvgIpc) is 2.49. The minimum absolute atomic E-state index is 0.00880. The van der Waals surface area contributed by atoms with E-state index in [0.29, 0.717) is 11.3 Å². The predicted molar refractivity (Wildman–Crippen MR) is 87.7 cm³/mol. The van der Waals surface area contributed by atoms with Crippen molar-refractivity contribution < 1.29 is 4.79 Å². The Morgan fingerprint density at radius 1 is 0.952 bits per heavy atom. The zero-order valence-electron chi connectivity index (χ0n) is 12.2. The van der Waals surface area contributed by atoms with Crippen LogP contribution >= 0.6 is 0 Å². The van der Waals surface area contributed by atoms with Crippen molar-refractivity contribution >= 4 is 22.2 Å². The maximum absolute atomic E-state index is 13.0. The zero-order valence-corrected chi connectivity index (χ0v) is 12.2. The van der Waals surface area contributed by atoms with E-state index < -0.39 is 0 Å². The average molecular weight is 275 g/mol. The van der Waals surface area contributed by atoms with Gasteiger partial charge in [-0.1, -0.05) is 48.0 Å². The van der Waals surface area contributed by atoms with Crippen molar-refractivity contribution in [1.29, 1.82) is 0 Å². The lowest BCUT2D eigenvalue weighted by atomic mass is 9.92. The highest BCUT2D eigenvalue weighted by molar-refractivity contribution is 6.19. The molecule has 3 aromatic rings. The Labute approximate surface area is 124 Å². The lowest BCUT2D eigenvalue weighted by Gasteiger charge is -2.11. The summed E-state index contributed by atoms with van der Waals surface area (Å²) >= 11 is 0. The van der Waals surface area contributed by atoms with Crippen LogP contribution in [0.15, 0.2) is 54.6 Å². The van der Waals surface area contributed by atoms with Crippen LogP contribution in [0.25, 0.3) is 10.8 Å². The van der Waals surface area contributed by atoms with Crippen LogP contribution in [0.2, 0.25) is 0 Å². The van der Waals surface area contributed by atoms with Crippen molar-refractivity contribution in [2.75, 3.05) is 5.73 Å². The first-order valence-electron chi connectivity index (χ1n) is 6.97. The van der Waals surface area contributed by atoms with E-state index in [1.165, 1.54) is 0 Å². The van der Waals surface area contributed by atoms with Crippen molar-refractivity contribution in [1.82, 2.24) is 0 Å². The van der Waals surface area contributed by atoms with E-state index >= 15 is 0 Å². The first-order chi connectivity index (χ1) is 10.1. The zero-order chi connectivity index (χ0) is 15.0. The Bertz CT molecular complexity index is 849. The smallest absolute Gasteiger partial charge is 0.195 e. The summed E-state index contributed by atoms with van der Waals surface area (Å²) in [6.07, 6.45) is 0. The number of hydrogen-bond acceptors (Lipinski definition) is 2. The van der Waals surface area contributed by atoms with E-state index in [-0.39, 0.29) is 5.78 Å². The number of hydrogen-bond donors (Lipinski definition) is 1. The first kappa shape index (κ1) is 13.4. The highest BCUT2D eigenvalue weighted by Gasteiger charge is 2.17. The summed E-state index contributed by atoms with van der Waals surface area (Å²) in [5, 5.41) is 2.04. The highest BCUT2D eigenvalue weighted by atomic mass is 16.1. The molecule has 0 atom stereocenters. The summed E-state index contributed by atoms with van der Waals surface area (Å²) in [5.74, 6) is -0.00880. The second-order valence-corrected chi connectivity index (χ2v) is 5.40. The van der Waals surface area contributed by atoms with Crippen molar-refractivity contribution in [2.24, 2.45) is 0 Å². The van der Waals surface area contributed by atoms with E-state index in [2.05, 4.69) is 0 Å². The van der Waals surface area contributed by atoms with Gasteiger partial charge in [-0.25, -0.2) is 0 Å². The molecular weight excluding hydrogens is 258 g/mol. The number of aryl methyl sites for hydroxylation is 2. The predicted octanol–water partition coefficient (Wildman–Crippen LogP) is 4.27. The standard InChI is InChI=1S/C19H17NO/c1-12-7-10-17(20)16(11-12)19(21)18-13(2)8-9-14-5-3-4-6-15(14)18/h3-11H,20H2,1-2H3. The number of benzene rings is 3. The molecule has 0 saturated heterocycles. The molecule has 0 saturated carbocycles. The molecule has 3 rings (SSSR count). The maximum atomic E-state index is 13.0. The number of rotatable bonds is 2. The van der Waals surface area contributed by atoms with Crippen molar-refractivity contribution in [2.45, 2.75) is 13.8 Å². The second-order valence-electron chi connectivity index (χ2n) is 5.40. The fourth-order valence-electron chi connectivity index (χ4n) is 2.68. The van der Waals surface area contributed by atoms with Crippen LogP contribution in [0, 0.1) is 13.8 Å². The third-order valence-electron chi connectivity index (χ3n) is 3.82. The van der Waals surface area contributed by atoms with Crippen molar-refractivity contribution in [3.63, 3.8) is 0 Å². The van der Waals surface area contributed by atoms with Gasteiger partial charge in [0.05, 0.1) is 0 Å². The largest absolute Gasteiger partial charge is 0.398 e. The molecule has 0 spiro atoms. The van der Waals surface area contributed by atoms with E-state index in [9.17, 15) is 4.79 Å². The van der Waals surface area contributed by atoms with Crippen LogP contribution in [0.1, 0.15) is 27.0 Å². The molecule has 0 unspecified atom stereocenters. The normalized spacial score (nSPS) is 10.8. The maximum Gasteiger partial charge on any atom is 0.195 e. The van der Waals surface area contributed by atoms with E-state index in [1.807, 2.05) is 62.4 Å². The number of nitrogens with two attached hydrogens (primary N) is 1. The molecule has 104 valence electrons. The van der Waals surface area contributed by atoms with Crippen LogP contribution in [0.5, 0.6) is 0 Å². The molecule has 2 N–H and O–H groups in total. The number of anilines is 1. The Kier molecular flexibility index (Phi) is 3.22. The molecule has 0 amide bonds. The molecule has 0 heterocycles. The van der Waals surface area contributed by atoms with Gasteiger partial charge in [-0.2, -0.15) is 0 Å². The summed E-state index contributed by atoms with van der Waals surface area (Å²) in [4.78, 5) is 13.0. The Balaban J connectivity index is 2.27. The molecule has 2 heteroatoms. The monoisotopic (exact) mass is 275 g/mol. The van der Waals surface area contributed by atoms with Crippen molar-refractivity contribution in [3.8, 4) is 0 Å². The summed E-state index contributed by atoms with van der Waals surface area (Å²) in [7, 11) is 0. The number of nitrogen functional groups attached to an aromatic ring is 1. The Morgan fingerprint density at radius 2 is 1.71 bits per heavy atom. The van der Waals surface area contributed by atoms with Gasteiger partial charge in [0.25, 0.3) is 0 Å². The quantitative estimate of drug-likeness (QED) is 0.560. The number of carbonyl (C=O) groups excluding carboxylic acids is 1. The van der Waals surface area contributed by atoms with Gasteiger partial charge in [0.15, 0.2) is 5.78 Å². The van der Waals surface area contributed by atoms with E-state index in [0.717, 1.165) is 27.5 Å². The second kappa shape index (κ2) is 5.06. The lowest BCUT2D eigenvalue weighted by Crippen LogP contribution is -2.08. The molecule has 0 aromatic heterocycles. The van der Waals surface area contributed by atoms with Gasteiger partial charge in [-0.3, -0.25) is 4.79 Å². The topological polar surface area (TPSA) is 43.1 Å². The van der Waals surface area contributed by atoms with Crippen molar-refractivity contribution in [3.05, 3.63) is 76.9 Å².